The number of carbonyl (C=O) groups excluding carboxylic acids is 2. The normalized spacial score (nSPS) is 10.6. The number of benzene rings is 3. The summed E-state index contributed by atoms with van der Waals surface area (Å²) in [5, 5.41) is 15.3. The average molecular weight is 417 g/mol. The van der Waals surface area contributed by atoms with Crippen molar-refractivity contribution in [2.24, 2.45) is 5.10 Å². The molecular formula is C23H19N3O5. The molecule has 31 heavy (non-hydrogen) atoms. The molecule has 0 aromatic heterocycles. The minimum absolute atomic E-state index is 0.166. The van der Waals surface area contributed by atoms with E-state index in [1.165, 1.54) is 24.4 Å². The van der Waals surface area contributed by atoms with E-state index in [0.717, 1.165) is 11.1 Å². The number of nitrogens with zero attached hydrogens (tertiary/aromatic N) is 2. The first-order valence-electron chi connectivity index (χ1n) is 9.31. The van der Waals surface area contributed by atoms with Crippen molar-refractivity contribution >= 4 is 23.8 Å². The lowest BCUT2D eigenvalue weighted by molar-refractivity contribution is -0.385. The first kappa shape index (κ1) is 21.4. The van der Waals surface area contributed by atoms with E-state index in [9.17, 15) is 19.7 Å². The van der Waals surface area contributed by atoms with Crippen LogP contribution in [-0.4, -0.2) is 23.0 Å². The van der Waals surface area contributed by atoms with E-state index >= 15 is 0 Å². The van der Waals surface area contributed by atoms with Crippen LogP contribution in [0.1, 0.15) is 37.4 Å². The quantitative estimate of drug-likeness (QED) is 0.212. The van der Waals surface area contributed by atoms with Crippen LogP contribution in [0.15, 0.2) is 71.8 Å². The monoisotopic (exact) mass is 417 g/mol. The Morgan fingerprint density at radius 2 is 1.52 bits per heavy atom. The highest BCUT2D eigenvalue weighted by Gasteiger charge is 2.22. The number of nitro benzene ring substituents is 1. The molecule has 0 aliphatic rings. The second-order valence-electron chi connectivity index (χ2n) is 6.77. The number of amides is 1. The molecule has 0 spiro atoms. The van der Waals surface area contributed by atoms with Gasteiger partial charge in [0.1, 0.15) is 0 Å². The van der Waals surface area contributed by atoms with Crippen molar-refractivity contribution in [3.05, 3.63) is 105 Å². The summed E-state index contributed by atoms with van der Waals surface area (Å²) >= 11 is 0. The molecule has 8 heteroatoms. The van der Waals surface area contributed by atoms with E-state index in [2.05, 4.69) is 10.5 Å². The highest BCUT2D eigenvalue weighted by Crippen LogP contribution is 2.30. The number of hydrazone groups is 1. The molecule has 0 saturated carbocycles. The van der Waals surface area contributed by atoms with Gasteiger partial charge < -0.3 is 4.74 Å². The van der Waals surface area contributed by atoms with E-state index < -0.39 is 22.5 Å². The number of esters is 1. The molecule has 3 aromatic carbocycles. The zero-order valence-corrected chi connectivity index (χ0v) is 16.9. The first-order chi connectivity index (χ1) is 14.8. The van der Waals surface area contributed by atoms with Crippen molar-refractivity contribution in [3.8, 4) is 5.75 Å². The number of aryl methyl sites for hydroxylation is 2. The number of para-hydroxylation sites is 1. The molecule has 0 atom stereocenters. The maximum atomic E-state index is 12.5. The fourth-order valence-electron chi connectivity index (χ4n) is 2.67. The Kier molecular flexibility index (Phi) is 6.51. The molecular weight excluding hydrogens is 398 g/mol. The molecule has 0 heterocycles. The lowest BCUT2D eigenvalue weighted by Gasteiger charge is -2.08. The Hall–Kier alpha value is -4.33. The van der Waals surface area contributed by atoms with Gasteiger partial charge in [-0.25, -0.2) is 10.2 Å². The highest BCUT2D eigenvalue weighted by molar-refractivity contribution is 5.96. The van der Waals surface area contributed by atoms with Gasteiger partial charge in [-0.1, -0.05) is 41.5 Å². The number of nitrogens with one attached hydrogen (secondary N) is 1. The van der Waals surface area contributed by atoms with Crippen LogP contribution in [0, 0.1) is 24.0 Å². The molecule has 8 nitrogen and oxygen atoms in total. The van der Waals surface area contributed by atoms with Crippen molar-refractivity contribution in [1.82, 2.24) is 5.43 Å². The third kappa shape index (κ3) is 5.39. The molecule has 156 valence electrons. The number of hydrogen-bond donors (Lipinski definition) is 1. The van der Waals surface area contributed by atoms with Gasteiger partial charge in [0.05, 0.1) is 16.7 Å². The summed E-state index contributed by atoms with van der Waals surface area (Å²) in [7, 11) is 0. The van der Waals surface area contributed by atoms with Gasteiger partial charge in [0, 0.05) is 17.2 Å². The van der Waals surface area contributed by atoms with E-state index in [1.54, 1.807) is 48.5 Å². The Balaban J connectivity index is 1.83. The molecule has 0 radical (unpaired) electrons. The molecule has 1 N–H and O–H groups in total. The number of hydrogen-bond acceptors (Lipinski definition) is 6. The molecule has 3 rings (SSSR count). The predicted molar refractivity (Wildman–Crippen MR) is 115 cm³/mol. The Bertz CT molecular complexity index is 1150. The summed E-state index contributed by atoms with van der Waals surface area (Å²) in [5.41, 5.74) is 4.75. The zero-order valence-electron chi connectivity index (χ0n) is 16.9. The van der Waals surface area contributed by atoms with E-state index in [1.807, 2.05) is 13.8 Å². The molecule has 1 amide bonds. The Morgan fingerprint density at radius 1 is 0.935 bits per heavy atom. The standard InChI is InChI=1S/C23H19N3O5/c1-15-6-10-17(11-7-15)22(27)25-24-14-19-4-3-5-20(26(29)30)21(19)31-23(28)18-12-8-16(2)9-13-18/h3-14H,1-2H3,(H,25,27)/b24-14+. The Labute approximate surface area is 178 Å². The van der Waals surface area contributed by atoms with Crippen LogP contribution < -0.4 is 10.2 Å². The van der Waals surface area contributed by atoms with Gasteiger partial charge in [-0.15, -0.1) is 0 Å². The van der Waals surface area contributed by atoms with Crippen molar-refractivity contribution in [1.29, 1.82) is 0 Å². The fraction of sp³-hybridized carbons (Fsp3) is 0.0870. The van der Waals surface area contributed by atoms with Crippen LogP contribution in [-0.2, 0) is 0 Å². The second-order valence-corrected chi connectivity index (χ2v) is 6.77. The minimum Gasteiger partial charge on any atom is -0.415 e. The van der Waals surface area contributed by atoms with Crippen LogP contribution in [0.4, 0.5) is 5.69 Å². The lowest BCUT2D eigenvalue weighted by Crippen LogP contribution is -2.17. The van der Waals surface area contributed by atoms with Gasteiger partial charge in [0.15, 0.2) is 0 Å². The van der Waals surface area contributed by atoms with Crippen LogP contribution in [0.2, 0.25) is 0 Å². The van der Waals surface area contributed by atoms with Gasteiger partial charge >= 0.3 is 11.7 Å². The number of nitro groups is 1. The van der Waals surface area contributed by atoms with Crippen LogP contribution in [0.25, 0.3) is 0 Å². The molecule has 0 unspecified atom stereocenters. The fourth-order valence-corrected chi connectivity index (χ4v) is 2.67. The van der Waals surface area contributed by atoms with E-state index in [-0.39, 0.29) is 16.9 Å². The number of carbonyl (C=O) groups is 2. The van der Waals surface area contributed by atoms with Crippen molar-refractivity contribution < 1.29 is 19.2 Å². The average Bonchev–Trinajstić information content (AvgIpc) is 2.75. The third-order valence-electron chi connectivity index (χ3n) is 4.39. The van der Waals surface area contributed by atoms with Crippen molar-refractivity contribution in [2.75, 3.05) is 0 Å². The SMILES string of the molecule is Cc1ccc(C(=O)N/N=C/c2cccc([N+](=O)[O-])c2OC(=O)c2ccc(C)cc2)cc1. The van der Waals surface area contributed by atoms with Gasteiger partial charge in [-0.3, -0.25) is 14.9 Å². The number of ether oxygens (including phenoxy) is 1. The second kappa shape index (κ2) is 9.45. The summed E-state index contributed by atoms with van der Waals surface area (Å²) in [6.45, 7) is 3.78. The van der Waals surface area contributed by atoms with Gasteiger partial charge in [-0.05, 0) is 44.2 Å². The lowest BCUT2D eigenvalue weighted by atomic mass is 10.1. The molecule has 0 fully saturated rings. The van der Waals surface area contributed by atoms with Crippen LogP contribution >= 0.6 is 0 Å². The largest absolute Gasteiger partial charge is 0.415 e. The first-order valence-corrected chi connectivity index (χ1v) is 9.31. The third-order valence-corrected chi connectivity index (χ3v) is 4.39. The van der Waals surface area contributed by atoms with Gasteiger partial charge in [0.2, 0.25) is 5.75 Å². The van der Waals surface area contributed by atoms with Crippen molar-refractivity contribution in [2.45, 2.75) is 13.8 Å². The van der Waals surface area contributed by atoms with Crippen molar-refractivity contribution in [3.63, 3.8) is 0 Å². The summed E-state index contributed by atoms with van der Waals surface area (Å²) in [6.07, 6.45) is 1.19. The van der Waals surface area contributed by atoms with Gasteiger partial charge in [0.25, 0.3) is 5.91 Å². The Morgan fingerprint density at radius 3 is 2.10 bits per heavy atom. The molecule has 3 aromatic rings. The van der Waals surface area contributed by atoms with E-state index in [4.69, 9.17) is 4.74 Å². The maximum Gasteiger partial charge on any atom is 0.343 e. The van der Waals surface area contributed by atoms with Crippen LogP contribution in [0.5, 0.6) is 5.75 Å². The highest BCUT2D eigenvalue weighted by atomic mass is 16.6. The number of rotatable bonds is 6. The smallest absolute Gasteiger partial charge is 0.343 e. The van der Waals surface area contributed by atoms with Crippen LogP contribution in [0.3, 0.4) is 0 Å². The molecule has 0 saturated heterocycles. The van der Waals surface area contributed by atoms with Gasteiger partial charge in [-0.2, -0.15) is 5.10 Å². The topological polar surface area (TPSA) is 111 Å². The maximum absolute atomic E-state index is 12.5. The molecule has 0 aliphatic carbocycles. The minimum atomic E-state index is -0.743. The summed E-state index contributed by atoms with van der Waals surface area (Å²) in [4.78, 5) is 35.4. The molecule has 0 aliphatic heterocycles. The molecule has 0 bridgehead atoms. The zero-order chi connectivity index (χ0) is 22.4. The summed E-state index contributed by atoms with van der Waals surface area (Å²) in [5.74, 6) is -1.45. The summed E-state index contributed by atoms with van der Waals surface area (Å²) in [6, 6.07) is 17.7. The predicted octanol–water partition coefficient (Wildman–Crippen LogP) is 4.19. The van der Waals surface area contributed by atoms with E-state index in [0.29, 0.717) is 5.56 Å². The summed E-state index contributed by atoms with van der Waals surface area (Å²) < 4.78 is 5.33.